The minimum absolute atomic E-state index is 0.163. The highest BCUT2D eigenvalue weighted by molar-refractivity contribution is 7.98. The third kappa shape index (κ3) is 4.65. The number of para-hydroxylation sites is 1. The Labute approximate surface area is 208 Å². The summed E-state index contributed by atoms with van der Waals surface area (Å²) in [5, 5.41) is 14.1. The van der Waals surface area contributed by atoms with Gasteiger partial charge in [-0.1, -0.05) is 35.1 Å². The highest BCUT2D eigenvalue weighted by Crippen LogP contribution is 2.27. The van der Waals surface area contributed by atoms with Crippen LogP contribution in [-0.4, -0.2) is 25.6 Å². The molecule has 0 radical (unpaired) electrons. The average Bonchev–Trinajstić information content (AvgIpc) is 3.41. The number of rotatable bonds is 6. The lowest BCUT2D eigenvalue weighted by Gasteiger charge is -2.04. The van der Waals surface area contributed by atoms with E-state index >= 15 is 0 Å². The maximum absolute atomic E-state index is 13.6. The molecule has 0 aliphatic carbocycles. The molecule has 2 aromatic heterocycles. The maximum atomic E-state index is 13.6. The molecule has 0 aliphatic heterocycles. The summed E-state index contributed by atoms with van der Waals surface area (Å²) in [5.41, 5.74) is 3.14. The zero-order chi connectivity index (χ0) is 23.7. The molecule has 9 heteroatoms. The standard InChI is InChI=1S/C25H19ClN4O2S2/c1-15(27-17-8-10-18(31)11-9-17)23-21(14-33-19-12-6-16(26)7-13-19)29-30(24(23)32)25-28-20-4-2-3-5-22(20)34-25/h2-13,29,31H,14H2,1H3. The van der Waals surface area contributed by atoms with Crippen molar-refractivity contribution in [3.8, 4) is 10.9 Å². The van der Waals surface area contributed by atoms with Gasteiger partial charge in [-0.2, -0.15) is 4.68 Å². The van der Waals surface area contributed by atoms with Crippen LogP contribution in [0.25, 0.3) is 15.3 Å². The van der Waals surface area contributed by atoms with Crippen molar-refractivity contribution in [2.45, 2.75) is 17.6 Å². The molecule has 0 fully saturated rings. The fourth-order valence-corrected chi connectivity index (χ4v) is 5.41. The van der Waals surface area contributed by atoms with Gasteiger partial charge in [0.25, 0.3) is 5.56 Å². The third-order valence-electron chi connectivity index (χ3n) is 5.14. The minimum atomic E-state index is -0.203. The molecule has 2 N–H and O–H groups in total. The number of aromatic nitrogens is 3. The van der Waals surface area contributed by atoms with Gasteiger partial charge in [0.15, 0.2) is 0 Å². The fraction of sp³-hybridized carbons (Fsp3) is 0.0800. The van der Waals surface area contributed by atoms with E-state index in [1.807, 2.05) is 55.5 Å². The number of aliphatic imine (C=N–C) groups is 1. The van der Waals surface area contributed by atoms with Crippen molar-refractivity contribution >= 4 is 56.3 Å². The van der Waals surface area contributed by atoms with Crippen LogP contribution in [0.2, 0.25) is 5.02 Å². The van der Waals surface area contributed by atoms with Crippen LogP contribution >= 0.6 is 34.7 Å². The summed E-state index contributed by atoms with van der Waals surface area (Å²) in [5.74, 6) is 0.698. The summed E-state index contributed by atoms with van der Waals surface area (Å²) in [4.78, 5) is 23.9. The van der Waals surface area contributed by atoms with Crippen LogP contribution in [0.15, 0.2) is 87.5 Å². The van der Waals surface area contributed by atoms with Crippen molar-refractivity contribution < 1.29 is 5.11 Å². The van der Waals surface area contributed by atoms with E-state index in [2.05, 4.69) is 15.1 Å². The van der Waals surface area contributed by atoms with Crippen molar-refractivity contribution in [1.82, 2.24) is 14.8 Å². The van der Waals surface area contributed by atoms with Gasteiger partial charge in [0.05, 0.1) is 32.9 Å². The molecule has 3 aromatic carbocycles. The molecule has 0 saturated heterocycles. The number of halogens is 1. The molecule has 5 aromatic rings. The topological polar surface area (TPSA) is 83.3 Å². The lowest BCUT2D eigenvalue weighted by molar-refractivity contribution is 0.475. The molecule has 0 spiro atoms. The first-order valence-corrected chi connectivity index (χ1v) is 12.6. The summed E-state index contributed by atoms with van der Waals surface area (Å²) in [7, 11) is 0. The number of aromatic hydroxyl groups is 1. The molecular formula is C25H19ClN4O2S2. The molecule has 34 heavy (non-hydrogen) atoms. The van der Waals surface area contributed by atoms with Crippen LogP contribution in [0.3, 0.4) is 0 Å². The van der Waals surface area contributed by atoms with Crippen LogP contribution in [0, 0.1) is 0 Å². The smallest absolute Gasteiger partial charge is 0.282 e. The molecule has 0 bridgehead atoms. The number of aromatic amines is 1. The van der Waals surface area contributed by atoms with Crippen LogP contribution in [0.4, 0.5) is 5.69 Å². The van der Waals surface area contributed by atoms with E-state index in [1.54, 1.807) is 36.0 Å². The van der Waals surface area contributed by atoms with Gasteiger partial charge in [0, 0.05) is 15.7 Å². The molecule has 0 aliphatic rings. The molecule has 170 valence electrons. The number of hydrogen-bond acceptors (Lipinski definition) is 6. The first-order valence-electron chi connectivity index (χ1n) is 10.4. The summed E-state index contributed by atoms with van der Waals surface area (Å²) >= 11 is 9.06. The Hall–Kier alpha value is -3.33. The van der Waals surface area contributed by atoms with Gasteiger partial charge < -0.3 is 5.11 Å². The second-order valence-corrected chi connectivity index (χ2v) is 10.0. The number of H-pyrrole nitrogens is 1. The van der Waals surface area contributed by atoms with Crippen molar-refractivity contribution in [1.29, 1.82) is 0 Å². The van der Waals surface area contributed by atoms with Crippen molar-refractivity contribution in [2.24, 2.45) is 4.99 Å². The van der Waals surface area contributed by atoms with E-state index in [1.165, 1.54) is 16.0 Å². The zero-order valence-electron chi connectivity index (χ0n) is 18.0. The molecule has 0 amide bonds. The zero-order valence-corrected chi connectivity index (χ0v) is 20.4. The fourth-order valence-electron chi connectivity index (χ4n) is 3.51. The molecule has 0 atom stereocenters. The molecule has 0 saturated carbocycles. The first-order chi connectivity index (χ1) is 16.5. The summed E-state index contributed by atoms with van der Waals surface area (Å²) in [6, 6.07) is 21.9. The normalized spacial score (nSPS) is 11.9. The van der Waals surface area contributed by atoms with Gasteiger partial charge in [-0.25, -0.2) is 4.98 Å². The van der Waals surface area contributed by atoms with Crippen molar-refractivity contribution in [3.05, 3.63) is 99.4 Å². The van der Waals surface area contributed by atoms with Gasteiger partial charge in [-0.15, -0.1) is 11.8 Å². The Balaban J connectivity index is 1.57. The van der Waals surface area contributed by atoms with E-state index < -0.39 is 0 Å². The second-order valence-electron chi connectivity index (χ2n) is 7.53. The second kappa shape index (κ2) is 9.50. The van der Waals surface area contributed by atoms with Gasteiger partial charge in [-0.05, 0) is 67.6 Å². The monoisotopic (exact) mass is 506 g/mol. The highest BCUT2D eigenvalue weighted by Gasteiger charge is 2.20. The first kappa shape index (κ1) is 22.5. The summed E-state index contributed by atoms with van der Waals surface area (Å²) in [6.45, 7) is 1.82. The summed E-state index contributed by atoms with van der Waals surface area (Å²) < 4.78 is 2.50. The lowest BCUT2D eigenvalue weighted by atomic mass is 10.1. The maximum Gasteiger partial charge on any atom is 0.282 e. The number of thiazole rings is 1. The lowest BCUT2D eigenvalue weighted by Crippen LogP contribution is -2.19. The van der Waals surface area contributed by atoms with Gasteiger partial charge >= 0.3 is 0 Å². The molecular weight excluding hydrogens is 488 g/mol. The van der Waals surface area contributed by atoms with Crippen LogP contribution in [-0.2, 0) is 5.75 Å². The van der Waals surface area contributed by atoms with Gasteiger partial charge in [-0.3, -0.25) is 14.9 Å². The van der Waals surface area contributed by atoms with Crippen LogP contribution in [0.1, 0.15) is 18.2 Å². The van der Waals surface area contributed by atoms with E-state index in [0.29, 0.717) is 32.9 Å². The third-order valence-corrected chi connectivity index (χ3v) is 7.46. The van der Waals surface area contributed by atoms with E-state index in [0.717, 1.165) is 20.8 Å². The quantitative estimate of drug-likeness (QED) is 0.201. The number of nitrogens with zero attached hydrogens (tertiary/aromatic N) is 3. The SMILES string of the molecule is CC(=Nc1ccc(O)cc1)c1c(CSc2ccc(Cl)cc2)[nH]n(-c2nc3ccccc3s2)c1=O. The Bertz CT molecular complexity index is 1520. The Kier molecular flexibility index (Phi) is 6.28. The average molecular weight is 507 g/mol. The van der Waals surface area contributed by atoms with Crippen LogP contribution < -0.4 is 5.56 Å². The number of benzene rings is 3. The van der Waals surface area contributed by atoms with E-state index in [4.69, 9.17) is 11.6 Å². The van der Waals surface area contributed by atoms with Gasteiger partial charge in [0.1, 0.15) is 5.75 Å². The largest absolute Gasteiger partial charge is 0.508 e. The molecule has 6 nitrogen and oxygen atoms in total. The molecule has 2 heterocycles. The van der Waals surface area contributed by atoms with Crippen LogP contribution in [0.5, 0.6) is 5.75 Å². The number of phenolic OH excluding ortho intramolecular Hbond substituents is 1. The number of hydrogen-bond donors (Lipinski definition) is 2. The number of thioether (sulfide) groups is 1. The van der Waals surface area contributed by atoms with E-state index in [-0.39, 0.29) is 11.3 Å². The molecule has 0 unspecified atom stereocenters. The minimum Gasteiger partial charge on any atom is -0.508 e. The number of nitrogens with one attached hydrogen (secondary N) is 1. The Morgan fingerprint density at radius 3 is 2.59 bits per heavy atom. The molecule has 5 rings (SSSR count). The number of phenols is 1. The van der Waals surface area contributed by atoms with Crippen molar-refractivity contribution in [2.75, 3.05) is 0 Å². The van der Waals surface area contributed by atoms with Gasteiger partial charge in [0.2, 0.25) is 5.13 Å². The predicted octanol–water partition coefficient (Wildman–Crippen LogP) is 6.57. The number of fused-ring (bicyclic) bond motifs is 1. The van der Waals surface area contributed by atoms with Crippen molar-refractivity contribution in [3.63, 3.8) is 0 Å². The predicted molar refractivity (Wildman–Crippen MR) is 141 cm³/mol. The van der Waals surface area contributed by atoms with E-state index in [9.17, 15) is 9.90 Å². The Morgan fingerprint density at radius 1 is 1.12 bits per heavy atom. The Morgan fingerprint density at radius 2 is 1.85 bits per heavy atom. The highest BCUT2D eigenvalue weighted by atomic mass is 35.5. The summed E-state index contributed by atoms with van der Waals surface area (Å²) in [6.07, 6.45) is 0.